The number of hydrogen-bond donors (Lipinski definition) is 1. The van der Waals surface area contributed by atoms with Gasteiger partial charge in [0.1, 0.15) is 23.2 Å². The summed E-state index contributed by atoms with van der Waals surface area (Å²) in [5, 5.41) is 19.3. The van der Waals surface area contributed by atoms with E-state index >= 15 is 0 Å². The van der Waals surface area contributed by atoms with E-state index in [1.54, 1.807) is 24.7 Å². The molecule has 6 aromatic rings. The first-order chi connectivity index (χ1) is 33.6. The normalized spacial score (nSPS) is 14.9. The average Bonchev–Trinajstić information content (AvgIpc) is 4.04. The fraction of sp³-hybridized carbons (Fsp3) is 0.278. The van der Waals surface area contributed by atoms with Gasteiger partial charge in [0.15, 0.2) is 0 Å². The van der Waals surface area contributed by atoms with Gasteiger partial charge < -0.3 is 24.7 Å². The van der Waals surface area contributed by atoms with Gasteiger partial charge in [-0.25, -0.2) is 4.68 Å². The topological polar surface area (TPSA) is 159 Å². The highest BCUT2D eigenvalue weighted by atomic mass is 16.5. The average molecular weight is 913 g/mol. The Morgan fingerprint density at radius 3 is 2.10 bits per heavy atom. The van der Waals surface area contributed by atoms with E-state index in [1.165, 1.54) is 11.8 Å². The highest BCUT2D eigenvalue weighted by molar-refractivity contribution is 5.81. The summed E-state index contributed by atoms with van der Waals surface area (Å²) in [4.78, 5) is 14.2. The smallest absolute Gasteiger partial charge is 0.137 e. The van der Waals surface area contributed by atoms with Crippen molar-refractivity contribution in [3.63, 3.8) is 0 Å². The first-order valence-electron chi connectivity index (χ1n) is 23.0. The molecule has 1 aliphatic rings. The van der Waals surface area contributed by atoms with E-state index in [-0.39, 0.29) is 18.1 Å². The van der Waals surface area contributed by atoms with Crippen molar-refractivity contribution in [2.75, 3.05) is 39.6 Å². The van der Waals surface area contributed by atoms with Gasteiger partial charge in [0, 0.05) is 18.6 Å². The molecule has 14 nitrogen and oxygen atoms in total. The van der Waals surface area contributed by atoms with Gasteiger partial charge in [-0.05, 0) is 65.3 Å². The van der Waals surface area contributed by atoms with E-state index in [0.717, 1.165) is 60.4 Å². The Hall–Kier alpha value is -7.55. The number of rotatable bonds is 28. The Balaban J connectivity index is 0.772. The van der Waals surface area contributed by atoms with Crippen LogP contribution in [-0.2, 0) is 33.9 Å². The minimum atomic E-state index is -0.231. The van der Waals surface area contributed by atoms with Gasteiger partial charge in [-0.1, -0.05) is 144 Å². The minimum absolute atomic E-state index is 0.0133. The highest BCUT2D eigenvalue weighted by Crippen LogP contribution is 2.21. The van der Waals surface area contributed by atoms with Crippen molar-refractivity contribution in [1.29, 1.82) is 0 Å². The Morgan fingerprint density at radius 2 is 1.41 bits per heavy atom. The van der Waals surface area contributed by atoms with Gasteiger partial charge in [0.25, 0.3) is 0 Å². The molecule has 0 amide bonds. The van der Waals surface area contributed by atoms with Crippen LogP contribution in [0.25, 0.3) is 0 Å². The van der Waals surface area contributed by atoms with Crippen molar-refractivity contribution in [3.05, 3.63) is 216 Å². The summed E-state index contributed by atoms with van der Waals surface area (Å²) in [7, 11) is 0. The fourth-order valence-electron chi connectivity index (χ4n) is 7.13. The first-order valence-corrected chi connectivity index (χ1v) is 23.0. The van der Waals surface area contributed by atoms with Crippen LogP contribution in [0.5, 0.6) is 5.75 Å². The lowest BCUT2D eigenvalue weighted by molar-refractivity contribution is 0.106. The zero-order chi connectivity index (χ0) is 46.9. The summed E-state index contributed by atoms with van der Waals surface area (Å²) in [6.45, 7) is 8.92. The maximum atomic E-state index is 6.14. The van der Waals surface area contributed by atoms with Crippen LogP contribution in [0.15, 0.2) is 202 Å². The van der Waals surface area contributed by atoms with E-state index in [2.05, 4.69) is 68.6 Å². The lowest BCUT2D eigenvalue weighted by Crippen LogP contribution is -2.25. The van der Waals surface area contributed by atoms with E-state index < -0.39 is 0 Å². The SMILES string of the molecule is C=C(/C=C\C(=C/N)OCCCCCOc1ccc(/C=N/[C@@H](COCC2CN(Cc3ccccc3)N=N2)c2ccccc2)nc1)/C=N/[C@@H](COCc1cn(Cc2ccccc2)nn1)c1ccccc1. The number of nitrogens with zero attached hydrogens (tertiary/aromatic N) is 9. The molecule has 0 spiro atoms. The number of pyridine rings is 1. The maximum absolute atomic E-state index is 6.14. The monoisotopic (exact) mass is 912 g/mol. The van der Waals surface area contributed by atoms with Crippen molar-refractivity contribution in [1.82, 2.24) is 25.0 Å². The van der Waals surface area contributed by atoms with Crippen LogP contribution in [0.4, 0.5) is 0 Å². The summed E-state index contributed by atoms with van der Waals surface area (Å²) in [6, 6.07) is 44.0. The lowest BCUT2D eigenvalue weighted by atomic mass is 10.1. The Bertz CT molecular complexity index is 2530. The molecule has 0 fully saturated rings. The molecule has 3 atom stereocenters. The van der Waals surface area contributed by atoms with Crippen LogP contribution in [0, 0.1) is 0 Å². The summed E-state index contributed by atoms with van der Waals surface area (Å²) in [6.07, 6.45) is 14.9. The third-order valence-corrected chi connectivity index (χ3v) is 10.7. The second-order valence-electron chi connectivity index (χ2n) is 16.2. The van der Waals surface area contributed by atoms with Crippen LogP contribution in [0.2, 0.25) is 0 Å². The first kappa shape index (κ1) is 48.4. The molecule has 7 rings (SSSR count). The van der Waals surface area contributed by atoms with E-state index in [4.69, 9.17) is 34.7 Å². The van der Waals surface area contributed by atoms with Gasteiger partial charge in [-0.15, -0.1) is 5.10 Å². The summed E-state index contributed by atoms with van der Waals surface area (Å²) >= 11 is 0. The zero-order valence-electron chi connectivity index (χ0n) is 38.4. The van der Waals surface area contributed by atoms with Gasteiger partial charge in [0.05, 0.1) is 89.4 Å². The highest BCUT2D eigenvalue weighted by Gasteiger charge is 2.21. The predicted octanol–water partition coefficient (Wildman–Crippen LogP) is 9.66. The molecule has 2 aromatic heterocycles. The second-order valence-corrected chi connectivity index (χ2v) is 16.2. The summed E-state index contributed by atoms with van der Waals surface area (Å²) < 4.78 is 25.9. The minimum Gasteiger partial charge on any atom is -0.492 e. The lowest BCUT2D eigenvalue weighted by Gasteiger charge is -2.16. The molecule has 0 aliphatic carbocycles. The van der Waals surface area contributed by atoms with Crippen molar-refractivity contribution >= 4 is 12.4 Å². The summed E-state index contributed by atoms with van der Waals surface area (Å²) in [5.74, 6) is 1.26. The number of aliphatic imine (C=N–C) groups is 2. The van der Waals surface area contributed by atoms with Crippen molar-refractivity contribution in [2.45, 2.75) is 57.1 Å². The van der Waals surface area contributed by atoms with Crippen LogP contribution in [0.3, 0.4) is 0 Å². The number of ether oxygens (including phenoxy) is 4. The molecule has 1 unspecified atom stereocenters. The van der Waals surface area contributed by atoms with Crippen molar-refractivity contribution in [3.8, 4) is 5.75 Å². The Kier molecular flexibility index (Phi) is 19.3. The molecule has 0 bridgehead atoms. The molecular weight excluding hydrogens is 853 g/mol. The van der Waals surface area contributed by atoms with Crippen molar-refractivity contribution < 1.29 is 18.9 Å². The number of allylic oxidation sites excluding steroid dienone is 3. The van der Waals surface area contributed by atoms with E-state index in [0.29, 0.717) is 63.3 Å². The zero-order valence-corrected chi connectivity index (χ0v) is 38.4. The molecule has 0 saturated heterocycles. The summed E-state index contributed by atoms with van der Waals surface area (Å²) in [5.41, 5.74) is 12.5. The second kappa shape index (κ2) is 27.2. The molecule has 0 saturated carbocycles. The van der Waals surface area contributed by atoms with Gasteiger partial charge >= 0.3 is 0 Å². The molecule has 0 radical (unpaired) electrons. The molecule has 1 aliphatic heterocycles. The Labute approximate surface area is 399 Å². The maximum Gasteiger partial charge on any atom is 0.137 e. The van der Waals surface area contributed by atoms with E-state index in [1.807, 2.05) is 119 Å². The van der Waals surface area contributed by atoms with Crippen LogP contribution >= 0.6 is 0 Å². The quantitative estimate of drug-likeness (QED) is 0.0219. The van der Waals surface area contributed by atoms with Gasteiger partial charge in [0.2, 0.25) is 0 Å². The van der Waals surface area contributed by atoms with E-state index in [9.17, 15) is 0 Å². The van der Waals surface area contributed by atoms with Gasteiger partial charge in [-0.2, -0.15) is 5.11 Å². The standard InChI is InChI=1S/C54H60N10O4/c1-43(32-57-53(46-21-11-4-12-22-46)41-65-39-49-37-63(61-59-49)35-44-17-7-2-8-18-44)25-27-51(31-55)67-29-15-6-16-30-68-52-28-26-48(56-34-52)33-58-54(47-23-13-5-14-24-47)42-66-40-50-38-64(62-60-50)36-45-19-9-3-10-20-45/h2-5,7-14,17-28,31-34,37,50,53-54H,1,6,15-16,29-30,35-36,38-42,55H2/b27-25-,51-31+,57-32+,58-33+/t50?,53-,54-/m0/s1. The van der Waals surface area contributed by atoms with Crippen molar-refractivity contribution in [2.24, 2.45) is 26.1 Å². The number of unbranched alkanes of at least 4 members (excludes halogenated alkanes) is 2. The predicted molar refractivity (Wildman–Crippen MR) is 266 cm³/mol. The molecule has 350 valence electrons. The molecule has 2 N–H and O–H groups in total. The third kappa shape index (κ3) is 16.7. The third-order valence-electron chi connectivity index (χ3n) is 10.7. The molecular formula is C54H60N10O4. The fourth-order valence-corrected chi connectivity index (χ4v) is 7.13. The number of benzene rings is 4. The van der Waals surface area contributed by atoms with Crippen LogP contribution in [0.1, 0.15) is 65.0 Å². The Morgan fingerprint density at radius 1 is 0.750 bits per heavy atom. The van der Waals surface area contributed by atoms with Crippen LogP contribution < -0.4 is 10.5 Å². The number of hydrogen-bond acceptors (Lipinski definition) is 13. The largest absolute Gasteiger partial charge is 0.492 e. The number of nitrogens with two attached hydrogens (primary N) is 1. The molecule has 4 aromatic carbocycles. The van der Waals surface area contributed by atoms with Gasteiger partial charge in [-0.3, -0.25) is 20.0 Å². The number of aromatic nitrogens is 4. The molecule has 3 heterocycles. The molecule has 14 heteroatoms. The molecule has 68 heavy (non-hydrogen) atoms. The van der Waals surface area contributed by atoms with Crippen LogP contribution in [-0.4, -0.2) is 83.0 Å².